The molecule has 0 radical (unpaired) electrons. The van der Waals surface area contributed by atoms with Crippen molar-refractivity contribution >= 4 is 29.3 Å². The Kier molecular flexibility index (Phi) is 3.64. The van der Waals surface area contributed by atoms with E-state index in [0.717, 1.165) is 11.4 Å². The van der Waals surface area contributed by atoms with Gasteiger partial charge < -0.3 is 15.5 Å². The van der Waals surface area contributed by atoms with Gasteiger partial charge in [0.2, 0.25) is 5.91 Å². The molecule has 1 aromatic carbocycles. The number of carbonyl (C=O) groups excluding carboxylic acids is 2. The summed E-state index contributed by atoms with van der Waals surface area (Å²) in [5, 5.41) is 5.86. The number of rotatable bonds is 4. The summed E-state index contributed by atoms with van der Waals surface area (Å²) in [4.78, 5) is 25.4. The normalized spacial score (nSPS) is 23.8. The molecule has 2 N–H and O–H groups in total. The molecule has 1 fully saturated rings. The van der Waals surface area contributed by atoms with Crippen LogP contribution in [0.2, 0.25) is 0 Å². The molecule has 3 rings (SSSR count). The Hall–Kier alpha value is -1.95. The molecule has 0 aliphatic carbocycles. The second-order valence-corrected chi connectivity index (χ2v) is 5.77. The minimum atomic E-state index is -0.393. The van der Waals surface area contributed by atoms with E-state index in [4.69, 9.17) is 0 Å². The van der Waals surface area contributed by atoms with E-state index >= 15 is 0 Å². The average molecular weight is 289 g/mol. The van der Waals surface area contributed by atoms with Gasteiger partial charge in [-0.3, -0.25) is 9.59 Å². The third kappa shape index (κ3) is 2.51. The molecule has 1 aromatic rings. The van der Waals surface area contributed by atoms with Crippen LogP contribution in [0.3, 0.4) is 0 Å². The van der Waals surface area contributed by atoms with E-state index in [1.54, 1.807) is 22.9 Å². The maximum atomic E-state index is 11.9. The second kappa shape index (κ2) is 5.58. The molecule has 1 saturated heterocycles. The van der Waals surface area contributed by atoms with Crippen LogP contribution in [0.1, 0.15) is 0 Å². The summed E-state index contributed by atoms with van der Waals surface area (Å²) in [5.41, 5.74) is 0.888. The molecule has 0 bridgehead atoms. The molecule has 2 amide bonds. The van der Waals surface area contributed by atoms with Crippen LogP contribution in [0.4, 0.5) is 5.69 Å². The molecule has 104 valence electrons. The summed E-state index contributed by atoms with van der Waals surface area (Å²) in [6, 6.07) is 9.11. The third-order valence-electron chi connectivity index (χ3n) is 3.25. The van der Waals surface area contributed by atoms with Gasteiger partial charge in [0.1, 0.15) is 11.4 Å². The van der Waals surface area contributed by atoms with Gasteiger partial charge in [-0.2, -0.15) is 0 Å². The minimum absolute atomic E-state index is 0.0356. The van der Waals surface area contributed by atoms with E-state index in [9.17, 15) is 9.59 Å². The zero-order valence-corrected chi connectivity index (χ0v) is 11.6. The van der Waals surface area contributed by atoms with Gasteiger partial charge in [0, 0.05) is 17.6 Å². The summed E-state index contributed by atoms with van der Waals surface area (Å²) in [6.07, 6.45) is 3.75. The molecule has 2 aliphatic heterocycles. The Bertz CT molecular complexity index is 547. The summed E-state index contributed by atoms with van der Waals surface area (Å²) in [5.74, 6) is 0.678. The Morgan fingerprint density at radius 1 is 1.35 bits per heavy atom. The largest absolute Gasteiger partial charge is 0.376 e. The van der Waals surface area contributed by atoms with Crippen LogP contribution in [0.25, 0.3) is 0 Å². The predicted octanol–water partition coefficient (Wildman–Crippen LogP) is 1.01. The van der Waals surface area contributed by atoms with Crippen LogP contribution in [0.5, 0.6) is 0 Å². The van der Waals surface area contributed by atoms with E-state index in [2.05, 4.69) is 10.6 Å². The average Bonchev–Trinajstić information content (AvgIpc) is 2.51. The summed E-state index contributed by atoms with van der Waals surface area (Å²) >= 11 is 1.66. The number of amides is 2. The monoisotopic (exact) mass is 289 g/mol. The van der Waals surface area contributed by atoms with Crippen molar-refractivity contribution in [3.05, 3.63) is 42.6 Å². The fourth-order valence-electron chi connectivity index (χ4n) is 2.23. The number of nitrogens with zero attached hydrogens (tertiary/aromatic N) is 1. The van der Waals surface area contributed by atoms with E-state index in [0.29, 0.717) is 0 Å². The first kappa shape index (κ1) is 13.1. The Morgan fingerprint density at radius 2 is 2.15 bits per heavy atom. The van der Waals surface area contributed by atoms with E-state index < -0.39 is 6.04 Å². The molecule has 2 aliphatic rings. The van der Waals surface area contributed by atoms with Crippen LogP contribution >= 0.6 is 11.8 Å². The summed E-state index contributed by atoms with van der Waals surface area (Å²) < 4.78 is 0. The van der Waals surface area contributed by atoms with Crippen LogP contribution in [-0.4, -0.2) is 40.4 Å². The number of anilines is 1. The number of thioether (sulfide) groups is 1. The zero-order chi connectivity index (χ0) is 13.9. The fraction of sp³-hybridized carbons (Fsp3) is 0.286. The topological polar surface area (TPSA) is 61.4 Å². The van der Waals surface area contributed by atoms with E-state index in [1.165, 1.54) is 0 Å². The highest BCUT2D eigenvalue weighted by Gasteiger charge is 2.48. The number of hydrogen-bond acceptors (Lipinski definition) is 4. The minimum Gasteiger partial charge on any atom is -0.376 e. The van der Waals surface area contributed by atoms with Crippen molar-refractivity contribution in [1.29, 1.82) is 0 Å². The van der Waals surface area contributed by atoms with Gasteiger partial charge in [-0.25, -0.2) is 0 Å². The van der Waals surface area contributed by atoms with Gasteiger partial charge in [-0.1, -0.05) is 24.3 Å². The highest BCUT2D eigenvalue weighted by atomic mass is 32.2. The molecular weight excluding hydrogens is 274 g/mol. The Morgan fingerprint density at radius 3 is 2.95 bits per heavy atom. The number of hydrogen-bond donors (Lipinski definition) is 2. The van der Waals surface area contributed by atoms with Gasteiger partial charge in [-0.15, -0.1) is 11.8 Å². The van der Waals surface area contributed by atoms with Crippen molar-refractivity contribution < 1.29 is 9.59 Å². The zero-order valence-electron chi connectivity index (χ0n) is 10.8. The highest BCUT2D eigenvalue weighted by Crippen LogP contribution is 2.33. The van der Waals surface area contributed by atoms with E-state index in [1.807, 2.05) is 36.4 Å². The molecular formula is C14H15N3O2S. The van der Waals surface area contributed by atoms with Gasteiger partial charge >= 0.3 is 0 Å². The molecule has 0 aromatic heterocycles. The number of benzene rings is 1. The van der Waals surface area contributed by atoms with Crippen molar-refractivity contribution in [2.45, 2.75) is 11.4 Å². The maximum Gasteiger partial charge on any atom is 0.253 e. The molecule has 0 saturated carbocycles. The van der Waals surface area contributed by atoms with Crippen molar-refractivity contribution in [3.8, 4) is 0 Å². The molecule has 5 nitrogen and oxygen atoms in total. The number of carbonyl (C=O) groups is 2. The van der Waals surface area contributed by atoms with Crippen molar-refractivity contribution in [2.75, 3.05) is 17.6 Å². The first-order chi connectivity index (χ1) is 9.75. The molecule has 2 atom stereocenters. The molecule has 2 heterocycles. The van der Waals surface area contributed by atoms with Crippen LogP contribution < -0.4 is 10.6 Å². The van der Waals surface area contributed by atoms with Crippen molar-refractivity contribution in [3.63, 3.8) is 0 Å². The SMILES string of the molecule is O=C(CNc1ccccc1)NC1C(=O)N2C=CCS[C@@H]12. The van der Waals surface area contributed by atoms with Crippen molar-refractivity contribution in [1.82, 2.24) is 10.2 Å². The number of fused-ring (bicyclic) bond motifs is 1. The molecule has 1 unspecified atom stereocenters. The van der Waals surface area contributed by atoms with Crippen LogP contribution in [-0.2, 0) is 9.59 Å². The predicted molar refractivity (Wildman–Crippen MR) is 79.1 cm³/mol. The lowest BCUT2D eigenvalue weighted by molar-refractivity contribution is -0.144. The van der Waals surface area contributed by atoms with Gasteiger partial charge in [0.15, 0.2) is 0 Å². The smallest absolute Gasteiger partial charge is 0.253 e. The van der Waals surface area contributed by atoms with Crippen molar-refractivity contribution in [2.24, 2.45) is 0 Å². The first-order valence-electron chi connectivity index (χ1n) is 6.44. The highest BCUT2D eigenvalue weighted by molar-refractivity contribution is 8.00. The van der Waals surface area contributed by atoms with E-state index in [-0.39, 0.29) is 23.7 Å². The standard InChI is InChI=1S/C14H15N3O2S/c18-11(9-15-10-5-2-1-3-6-10)16-12-13(19)17-7-4-8-20-14(12)17/h1-7,12,14-15H,8-9H2,(H,16,18)/t12?,14-/m0/s1. The third-order valence-corrected chi connectivity index (χ3v) is 4.48. The van der Waals surface area contributed by atoms with Gasteiger partial charge in [-0.05, 0) is 12.1 Å². The summed E-state index contributed by atoms with van der Waals surface area (Å²) in [6.45, 7) is 0.168. The number of nitrogens with one attached hydrogen (secondary N) is 2. The molecule has 0 spiro atoms. The second-order valence-electron chi connectivity index (χ2n) is 4.62. The fourth-order valence-corrected chi connectivity index (χ4v) is 3.33. The van der Waals surface area contributed by atoms with Crippen LogP contribution in [0, 0.1) is 0 Å². The summed E-state index contributed by atoms with van der Waals surface area (Å²) in [7, 11) is 0. The number of para-hydroxylation sites is 1. The molecule has 6 heteroatoms. The van der Waals surface area contributed by atoms with Crippen LogP contribution in [0.15, 0.2) is 42.6 Å². The lowest BCUT2D eigenvalue weighted by atomic mass is 10.1. The first-order valence-corrected chi connectivity index (χ1v) is 7.49. The lowest BCUT2D eigenvalue weighted by Gasteiger charge is -2.46. The number of β-lactam (4-membered cyclic amide) rings is 1. The molecule has 20 heavy (non-hydrogen) atoms. The Labute approximate surface area is 121 Å². The lowest BCUT2D eigenvalue weighted by Crippen LogP contribution is -2.68. The maximum absolute atomic E-state index is 11.9. The Balaban J connectivity index is 1.50. The van der Waals surface area contributed by atoms with Gasteiger partial charge in [0.25, 0.3) is 5.91 Å². The quantitative estimate of drug-likeness (QED) is 0.812. The van der Waals surface area contributed by atoms with Gasteiger partial charge in [0.05, 0.1) is 6.54 Å².